The third kappa shape index (κ3) is 4.26. The SMILES string of the molecule is Cn1nccc1CCS(=O)C(Cc1ccccc1)C(=O)O. The van der Waals surface area contributed by atoms with Gasteiger partial charge in [-0.2, -0.15) is 5.10 Å². The molecule has 0 spiro atoms. The van der Waals surface area contributed by atoms with Crippen LogP contribution in [-0.2, 0) is 35.5 Å². The van der Waals surface area contributed by atoms with Gasteiger partial charge in [0, 0.05) is 41.9 Å². The fourth-order valence-corrected chi connectivity index (χ4v) is 3.41. The number of benzene rings is 1. The Morgan fingerprint density at radius 1 is 1.33 bits per heavy atom. The summed E-state index contributed by atoms with van der Waals surface area (Å²) < 4.78 is 14.0. The van der Waals surface area contributed by atoms with Gasteiger partial charge in [0.15, 0.2) is 0 Å². The molecular weight excluding hydrogens is 288 g/mol. The number of rotatable bonds is 7. The predicted molar refractivity (Wildman–Crippen MR) is 81.5 cm³/mol. The Kier molecular flexibility index (Phi) is 5.27. The molecule has 0 bridgehead atoms. The highest BCUT2D eigenvalue weighted by Crippen LogP contribution is 2.10. The van der Waals surface area contributed by atoms with Crippen LogP contribution < -0.4 is 0 Å². The molecule has 1 N–H and O–H groups in total. The molecule has 0 aliphatic rings. The first-order valence-electron chi connectivity index (χ1n) is 6.68. The summed E-state index contributed by atoms with van der Waals surface area (Å²) in [4.78, 5) is 11.4. The summed E-state index contributed by atoms with van der Waals surface area (Å²) in [5, 5.41) is 12.5. The van der Waals surface area contributed by atoms with Crippen molar-refractivity contribution in [1.29, 1.82) is 0 Å². The lowest BCUT2D eigenvalue weighted by Gasteiger charge is -2.12. The monoisotopic (exact) mass is 306 g/mol. The van der Waals surface area contributed by atoms with E-state index in [-0.39, 0.29) is 6.42 Å². The summed E-state index contributed by atoms with van der Waals surface area (Å²) in [6, 6.07) is 11.1. The van der Waals surface area contributed by atoms with E-state index in [1.165, 1.54) is 0 Å². The molecule has 1 heterocycles. The Morgan fingerprint density at radius 3 is 2.62 bits per heavy atom. The van der Waals surface area contributed by atoms with Crippen molar-refractivity contribution in [2.75, 3.05) is 5.75 Å². The number of carboxylic acid groups (broad SMARTS) is 1. The topological polar surface area (TPSA) is 72.2 Å². The average Bonchev–Trinajstić information content (AvgIpc) is 2.88. The van der Waals surface area contributed by atoms with Gasteiger partial charge in [-0.15, -0.1) is 0 Å². The van der Waals surface area contributed by atoms with E-state index in [4.69, 9.17) is 0 Å². The Hall–Kier alpha value is -1.95. The zero-order chi connectivity index (χ0) is 15.2. The molecule has 5 nitrogen and oxygen atoms in total. The van der Waals surface area contributed by atoms with Crippen molar-refractivity contribution in [2.24, 2.45) is 7.05 Å². The molecule has 2 aromatic rings. The Labute approximate surface area is 126 Å². The highest BCUT2D eigenvalue weighted by Gasteiger charge is 2.25. The van der Waals surface area contributed by atoms with Crippen LogP contribution in [0, 0.1) is 0 Å². The van der Waals surface area contributed by atoms with E-state index >= 15 is 0 Å². The summed E-state index contributed by atoms with van der Waals surface area (Å²) >= 11 is 0. The van der Waals surface area contributed by atoms with Crippen LogP contribution in [0.4, 0.5) is 0 Å². The number of aromatic nitrogens is 2. The molecule has 0 aliphatic carbocycles. The molecule has 0 saturated heterocycles. The van der Waals surface area contributed by atoms with Crippen molar-refractivity contribution in [3.05, 3.63) is 53.9 Å². The molecule has 2 atom stereocenters. The summed E-state index contributed by atoms with van der Waals surface area (Å²) in [6.07, 6.45) is 2.52. The summed E-state index contributed by atoms with van der Waals surface area (Å²) in [5.74, 6) is -0.689. The van der Waals surface area contributed by atoms with Gasteiger partial charge < -0.3 is 5.11 Å². The minimum atomic E-state index is -1.42. The van der Waals surface area contributed by atoms with Gasteiger partial charge in [0.2, 0.25) is 0 Å². The molecule has 2 unspecified atom stereocenters. The second-order valence-electron chi connectivity index (χ2n) is 4.80. The second-order valence-corrected chi connectivity index (χ2v) is 6.54. The maximum Gasteiger partial charge on any atom is 0.319 e. The van der Waals surface area contributed by atoms with Crippen LogP contribution in [-0.4, -0.2) is 36.1 Å². The zero-order valence-electron chi connectivity index (χ0n) is 11.8. The maximum absolute atomic E-state index is 12.3. The van der Waals surface area contributed by atoms with Gasteiger partial charge in [-0.3, -0.25) is 13.7 Å². The van der Waals surface area contributed by atoms with Crippen molar-refractivity contribution in [1.82, 2.24) is 9.78 Å². The van der Waals surface area contributed by atoms with Crippen molar-refractivity contribution < 1.29 is 14.1 Å². The Balaban J connectivity index is 1.99. The number of carboxylic acids is 1. The molecule has 0 amide bonds. The fourth-order valence-electron chi connectivity index (χ4n) is 2.11. The number of carbonyl (C=O) groups is 1. The molecular formula is C15H18N2O3S. The van der Waals surface area contributed by atoms with Gasteiger partial charge in [0.05, 0.1) is 0 Å². The third-order valence-electron chi connectivity index (χ3n) is 3.34. The van der Waals surface area contributed by atoms with E-state index in [9.17, 15) is 14.1 Å². The standard InChI is InChI=1S/C15H18N2O3S/c1-17-13(7-9-16-17)8-10-21(20)14(15(18)19)11-12-5-3-2-4-6-12/h2-7,9,14H,8,10-11H2,1H3,(H,18,19). The quantitative estimate of drug-likeness (QED) is 0.839. The second kappa shape index (κ2) is 7.17. The lowest BCUT2D eigenvalue weighted by atomic mass is 10.1. The largest absolute Gasteiger partial charge is 0.480 e. The fraction of sp³-hybridized carbons (Fsp3) is 0.333. The minimum absolute atomic E-state index is 0.286. The van der Waals surface area contributed by atoms with Gasteiger partial charge in [-0.1, -0.05) is 30.3 Å². The van der Waals surface area contributed by atoms with Crippen LogP contribution in [0.1, 0.15) is 11.3 Å². The number of aryl methyl sites for hydroxylation is 2. The Bertz CT molecular complexity index is 625. The molecule has 1 aromatic heterocycles. The van der Waals surface area contributed by atoms with Crippen LogP contribution >= 0.6 is 0 Å². The third-order valence-corrected chi connectivity index (χ3v) is 4.95. The van der Waals surface area contributed by atoms with Crippen LogP contribution in [0.15, 0.2) is 42.6 Å². The van der Waals surface area contributed by atoms with Crippen LogP contribution in [0.25, 0.3) is 0 Å². The highest BCUT2D eigenvalue weighted by molar-refractivity contribution is 7.86. The van der Waals surface area contributed by atoms with Gasteiger partial charge >= 0.3 is 5.97 Å². The molecule has 0 radical (unpaired) electrons. The first-order chi connectivity index (χ1) is 10.1. The smallest absolute Gasteiger partial charge is 0.319 e. The molecule has 1 aromatic carbocycles. The zero-order valence-corrected chi connectivity index (χ0v) is 12.6. The first-order valence-corrected chi connectivity index (χ1v) is 8.07. The number of hydrogen-bond donors (Lipinski definition) is 1. The summed E-state index contributed by atoms with van der Waals surface area (Å²) in [7, 11) is 0.394. The Morgan fingerprint density at radius 2 is 2.05 bits per heavy atom. The average molecular weight is 306 g/mol. The van der Waals surface area contributed by atoms with E-state index in [0.29, 0.717) is 12.2 Å². The molecule has 0 fully saturated rings. The van der Waals surface area contributed by atoms with Gasteiger partial charge in [0.25, 0.3) is 0 Å². The molecule has 2 rings (SSSR count). The lowest BCUT2D eigenvalue weighted by Crippen LogP contribution is -2.30. The van der Waals surface area contributed by atoms with Gasteiger partial charge in [-0.25, -0.2) is 0 Å². The summed E-state index contributed by atoms with van der Waals surface area (Å²) in [6.45, 7) is 0. The first kappa shape index (κ1) is 15.4. The molecule has 6 heteroatoms. The molecule has 112 valence electrons. The van der Waals surface area contributed by atoms with Crippen LogP contribution in [0.5, 0.6) is 0 Å². The van der Waals surface area contributed by atoms with E-state index < -0.39 is 22.0 Å². The van der Waals surface area contributed by atoms with E-state index in [1.807, 2.05) is 43.4 Å². The van der Waals surface area contributed by atoms with Crippen molar-refractivity contribution >= 4 is 16.8 Å². The van der Waals surface area contributed by atoms with Gasteiger partial charge in [-0.05, 0) is 18.1 Å². The van der Waals surface area contributed by atoms with Crippen molar-refractivity contribution in [2.45, 2.75) is 18.1 Å². The molecule has 0 saturated carbocycles. The lowest BCUT2D eigenvalue weighted by molar-refractivity contribution is -0.136. The minimum Gasteiger partial charge on any atom is -0.480 e. The molecule has 21 heavy (non-hydrogen) atoms. The maximum atomic E-state index is 12.3. The van der Waals surface area contributed by atoms with Crippen LogP contribution in [0.3, 0.4) is 0 Å². The van der Waals surface area contributed by atoms with E-state index in [1.54, 1.807) is 10.9 Å². The van der Waals surface area contributed by atoms with E-state index in [2.05, 4.69) is 5.10 Å². The van der Waals surface area contributed by atoms with Gasteiger partial charge in [0.1, 0.15) is 5.25 Å². The number of aliphatic carboxylic acids is 1. The normalized spacial score (nSPS) is 13.8. The number of hydrogen-bond acceptors (Lipinski definition) is 3. The van der Waals surface area contributed by atoms with Crippen molar-refractivity contribution in [3.63, 3.8) is 0 Å². The molecule has 0 aliphatic heterocycles. The van der Waals surface area contributed by atoms with E-state index in [0.717, 1.165) is 11.3 Å². The highest BCUT2D eigenvalue weighted by atomic mass is 32.2. The number of nitrogens with zero attached hydrogens (tertiary/aromatic N) is 2. The summed E-state index contributed by atoms with van der Waals surface area (Å²) in [5.41, 5.74) is 1.84. The van der Waals surface area contributed by atoms with Crippen LogP contribution in [0.2, 0.25) is 0 Å². The predicted octanol–water partition coefficient (Wildman–Crippen LogP) is 1.41. The van der Waals surface area contributed by atoms with Crippen molar-refractivity contribution in [3.8, 4) is 0 Å².